The van der Waals surface area contributed by atoms with Crippen LogP contribution in [0.15, 0.2) is 77.4 Å². The Labute approximate surface area is 198 Å². The molecule has 0 radical (unpaired) electrons. The second kappa shape index (κ2) is 8.33. The maximum atomic E-state index is 13.9. The summed E-state index contributed by atoms with van der Waals surface area (Å²) >= 11 is 0. The Bertz CT molecular complexity index is 1360. The molecule has 0 aliphatic carbocycles. The van der Waals surface area contributed by atoms with Crippen molar-refractivity contribution in [1.29, 1.82) is 0 Å². The first-order chi connectivity index (χ1) is 16.4. The first-order valence-electron chi connectivity index (χ1n) is 11.2. The Morgan fingerprint density at radius 2 is 1.88 bits per heavy atom. The van der Waals surface area contributed by atoms with Crippen LogP contribution in [-0.2, 0) is 17.9 Å². The van der Waals surface area contributed by atoms with Crippen molar-refractivity contribution in [1.82, 2.24) is 15.1 Å². The van der Waals surface area contributed by atoms with Gasteiger partial charge < -0.3 is 9.73 Å². The number of amides is 2. The summed E-state index contributed by atoms with van der Waals surface area (Å²) in [5.41, 5.74) is 3.49. The van der Waals surface area contributed by atoms with E-state index in [0.29, 0.717) is 29.4 Å². The summed E-state index contributed by atoms with van der Waals surface area (Å²) in [6.07, 6.45) is 1.57. The van der Waals surface area contributed by atoms with Crippen LogP contribution in [0.3, 0.4) is 0 Å². The van der Waals surface area contributed by atoms with Crippen LogP contribution in [0.4, 0.5) is 5.69 Å². The van der Waals surface area contributed by atoms with E-state index in [1.807, 2.05) is 62.4 Å². The molecule has 1 atom stereocenters. The molecule has 7 nitrogen and oxygen atoms in total. The summed E-state index contributed by atoms with van der Waals surface area (Å²) in [5.74, 6) is 0.0502. The molecule has 2 aromatic heterocycles. The summed E-state index contributed by atoms with van der Waals surface area (Å²) in [5, 5.41) is 7.63. The highest BCUT2D eigenvalue weighted by Crippen LogP contribution is 2.36. The monoisotopic (exact) mass is 454 g/mol. The third-order valence-electron chi connectivity index (χ3n) is 6.31. The minimum Gasteiger partial charge on any atom is -0.463 e. The van der Waals surface area contributed by atoms with E-state index in [1.165, 1.54) is 0 Å². The molecule has 0 unspecified atom stereocenters. The Kier molecular flexibility index (Phi) is 5.32. The topological polar surface area (TPSA) is 80.4 Å². The first-order valence-corrected chi connectivity index (χ1v) is 11.2. The highest BCUT2D eigenvalue weighted by molar-refractivity contribution is 6.12. The van der Waals surface area contributed by atoms with Gasteiger partial charge >= 0.3 is 0 Å². The van der Waals surface area contributed by atoms with Crippen molar-refractivity contribution < 1.29 is 14.0 Å². The minimum atomic E-state index is -1.19. The third-order valence-corrected chi connectivity index (χ3v) is 6.31. The fraction of sp³-hybridized carbons (Fsp3) is 0.222. The van der Waals surface area contributed by atoms with Crippen molar-refractivity contribution in [2.45, 2.75) is 39.4 Å². The zero-order chi connectivity index (χ0) is 23.9. The number of furan rings is 1. The van der Waals surface area contributed by atoms with Gasteiger partial charge in [0.05, 0.1) is 12.8 Å². The summed E-state index contributed by atoms with van der Waals surface area (Å²) < 4.78 is 7.10. The molecule has 1 aliphatic rings. The largest absolute Gasteiger partial charge is 0.463 e. The van der Waals surface area contributed by atoms with Crippen molar-refractivity contribution in [3.63, 3.8) is 0 Å². The van der Waals surface area contributed by atoms with E-state index in [4.69, 9.17) is 4.42 Å². The Balaban J connectivity index is 1.57. The summed E-state index contributed by atoms with van der Waals surface area (Å²) in [6, 6.07) is 20.9. The minimum absolute atomic E-state index is 0.211. The Morgan fingerprint density at radius 3 is 2.59 bits per heavy atom. The van der Waals surface area contributed by atoms with Crippen molar-refractivity contribution in [2.75, 3.05) is 4.90 Å². The molecular formula is C27H26N4O3. The molecule has 34 heavy (non-hydrogen) atoms. The zero-order valence-electron chi connectivity index (χ0n) is 19.4. The van der Waals surface area contributed by atoms with Gasteiger partial charge in [0.25, 0.3) is 5.91 Å². The molecule has 7 heteroatoms. The van der Waals surface area contributed by atoms with Gasteiger partial charge in [-0.1, -0.05) is 48.0 Å². The van der Waals surface area contributed by atoms with Crippen LogP contribution < -0.4 is 10.2 Å². The van der Waals surface area contributed by atoms with Crippen LogP contribution in [0.1, 0.15) is 34.1 Å². The number of fused-ring (bicyclic) bond motifs is 1. The number of nitrogens with one attached hydrogen (secondary N) is 1. The van der Waals surface area contributed by atoms with E-state index in [1.54, 1.807) is 41.0 Å². The lowest BCUT2D eigenvalue weighted by molar-refractivity contribution is -0.126. The lowest BCUT2D eigenvalue weighted by Crippen LogP contribution is -2.64. The normalized spacial score (nSPS) is 17.5. The second-order valence-corrected chi connectivity index (χ2v) is 8.92. The van der Waals surface area contributed by atoms with E-state index in [-0.39, 0.29) is 18.4 Å². The van der Waals surface area contributed by atoms with Crippen LogP contribution in [0.25, 0.3) is 11.5 Å². The third kappa shape index (κ3) is 3.69. The van der Waals surface area contributed by atoms with E-state index < -0.39 is 5.54 Å². The molecule has 3 heterocycles. The van der Waals surface area contributed by atoms with E-state index >= 15 is 0 Å². The predicted molar refractivity (Wildman–Crippen MR) is 129 cm³/mol. The lowest BCUT2D eigenvalue weighted by Gasteiger charge is -2.43. The quantitative estimate of drug-likeness (QED) is 0.482. The summed E-state index contributed by atoms with van der Waals surface area (Å²) in [7, 11) is 0. The maximum absolute atomic E-state index is 13.9. The molecule has 172 valence electrons. The molecular weight excluding hydrogens is 428 g/mol. The van der Waals surface area contributed by atoms with Gasteiger partial charge in [0, 0.05) is 18.3 Å². The van der Waals surface area contributed by atoms with Crippen LogP contribution >= 0.6 is 0 Å². The number of benzene rings is 2. The number of nitrogens with zero attached hydrogens (tertiary/aromatic N) is 3. The average Bonchev–Trinajstić information content (AvgIpc) is 3.49. The number of carbonyl (C=O) groups excluding carboxylic acids is 2. The van der Waals surface area contributed by atoms with Crippen LogP contribution in [0.5, 0.6) is 0 Å². The van der Waals surface area contributed by atoms with Gasteiger partial charge in [-0.15, -0.1) is 0 Å². The van der Waals surface area contributed by atoms with Crippen molar-refractivity contribution >= 4 is 17.5 Å². The Hall–Kier alpha value is -4.13. The van der Waals surface area contributed by atoms with E-state index in [9.17, 15) is 9.59 Å². The highest BCUT2D eigenvalue weighted by Gasteiger charge is 2.49. The average molecular weight is 455 g/mol. The molecule has 0 saturated heterocycles. The summed E-state index contributed by atoms with van der Waals surface area (Å²) in [6.45, 7) is 6.33. The zero-order valence-corrected chi connectivity index (χ0v) is 19.4. The lowest BCUT2D eigenvalue weighted by atomic mass is 9.92. The van der Waals surface area contributed by atoms with Gasteiger partial charge in [0.2, 0.25) is 5.91 Å². The molecule has 2 aromatic carbocycles. The SMILES string of the molecule is Cc1ccc(N2C(=O)c3cc(-c4ccco4)nn3C[C@@]2(C)C(=O)NCc2ccccc2)c(C)c1. The molecule has 1 N–H and O–H groups in total. The second-order valence-electron chi connectivity index (χ2n) is 8.92. The smallest absolute Gasteiger partial charge is 0.277 e. The number of hydrogen-bond acceptors (Lipinski definition) is 4. The van der Waals surface area contributed by atoms with Gasteiger partial charge in [0.15, 0.2) is 5.76 Å². The van der Waals surface area contributed by atoms with Gasteiger partial charge in [-0.2, -0.15) is 5.10 Å². The maximum Gasteiger partial charge on any atom is 0.277 e. The van der Waals surface area contributed by atoms with Crippen LogP contribution in [0, 0.1) is 13.8 Å². The number of aryl methyl sites for hydroxylation is 2. The molecule has 2 amide bonds. The van der Waals surface area contributed by atoms with Gasteiger partial charge in [-0.3, -0.25) is 19.2 Å². The van der Waals surface area contributed by atoms with Gasteiger partial charge in [-0.05, 0) is 50.1 Å². The van der Waals surface area contributed by atoms with Crippen LogP contribution in [0.2, 0.25) is 0 Å². The molecule has 0 fully saturated rings. The number of carbonyl (C=O) groups is 2. The van der Waals surface area contributed by atoms with Crippen molar-refractivity contribution in [3.05, 3.63) is 95.4 Å². The number of hydrogen-bond donors (Lipinski definition) is 1. The van der Waals surface area contributed by atoms with Crippen molar-refractivity contribution in [3.8, 4) is 11.5 Å². The van der Waals surface area contributed by atoms with E-state index in [2.05, 4.69) is 10.4 Å². The van der Waals surface area contributed by atoms with Gasteiger partial charge in [0.1, 0.15) is 16.9 Å². The molecule has 5 rings (SSSR count). The highest BCUT2D eigenvalue weighted by atomic mass is 16.3. The number of rotatable bonds is 5. The van der Waals surface area contributed by atoms with E-state index in [0.717, 1.165) is 16.7 Å². The molecule has 1 aliphatic heterocycles. The molecule has 0 saturated carbocycles. The van der Waals surface area contributed by atoms with Crippen LogP contribution in [-0.4, -0.2) is 27.1 Å². The summed E-state index contributed by atoms with van der Waals surface area (Å²) in [4.78, 5) is 29.2. The number of anilines is 1. The molecule has 0 spiro atoms. The van der Waals surface area contributed by atoms with Gasteiger partial charge in [-0.25, -0.2) is 0 Å². The Morgan fingerprint density at radius 1 is 1.09 bits per heavy atom. The van der Waals surface area contributed by atoms with Crippen molar-refractivity contribution in [2.24, 2.45) is 0 Å². The number of aromatic nitrogens is 2. The molecule has 0 bridgehead atoms. The predicted octanol–water partition coefficient (Wildman–Crippen LogP) is 4.50. The fourth-order valence-corrected chi connectivity index (χ4v) is 4.53. The fourth-order valence-electron chi connectivity index (χ4n) is 4.53. The molecule has 4 aromatic rings. The first kappa shape index (κ1) is 21.7. The standard InChI is InChI=1S/C27H26N4O3/c1-18-11-12-22(19(2)14-18)31-25(32)23-15-21(24-10-7-13-34-24)29-30(23)17-27(31,3)26(33)28-16-20-8-5-4-6-9-20/h4-15H,16-17H2,1-3H3,(H,28,33)/t27-/m0/s1.